The molecule has 0 aliphatic carbocycles. The zero-order valence-corrected chi connectivity index (χ0v) is 21.3. The van der Waals surface area contributed by atoms with Crippen molar-refractivity contribution in [2.45, 2.75) is 71.9 Å². The van der Waals surface area contributed by atoms with Gasteiger partial charge in [0, 0.05) is 43.9 Å². The Kier molecular flexibility index (Phi) is 10.4. The molecule has 0 bridgehead atoms. The number of aliphatic hydroxyl groups is 1. The Morgan fingerprint density at radius 1 is 1.15 bits per heavy atom. The zero-order chi connectivity index (χ0) is 24.7. The number of hydrogen-bond donors (Lipinski definition) is 3. The molecule has 6 heteroatoms. The molecule has 1 aromatic carbocycles. The molecule has 6 nitrogen and oxygen atoms in total. The molecule has 0 saturated carbocycles. The maximum atomic E-state index is 11.5. The first kappa shape index (κ1) is 27.4. The number of aliphatic carboxylic acids is 1. The summed E-state index contributed by atoms with van der Waals surface area (Å²) in [6.45, 7) is 8.88. The topological polar surface area (TPSA) is 97.7 Å². The van der Waals surface area contributed by atoms with Gasteiger partial charge in [0.2, 0.25) is 0 Å². The predicted octanol–water partition coefficient (Wildman–Crippen LogP) is 4.40. The SMILES string of the molecule is COCCCc1cn(C)c2ccc(CC(CC(N)C(O)CC(C(=O)O)C(C)C)C(C)C)cc12. The van der Waals surface area contributed by atoms with Crippen molar-refractivity contribution in [2.75, 3.05) is 13.7 Å². The number of aliphatic hydroxyl groups excluding tert-OH is 1. The fraction of sp³-hybridized carbons (Fsp3) is 0.667. The molecule has 2 rings (SSSR count). The number of carboxylic acid groups (broad SMARTS) is 1. The van der Waals surface area contributed by atoms with E-state index in [0.717, 1.165) is 25.9 Å². The average Bonchev–Trinajstić information content (AvgIpc) is 3.05. The number of fused-ring (bicyclic) bond motifs is 1. The second-order valence-corrected chi connectivity index (χ2v) is 10.3. The van der Waals surface area contributed by atoms with Crippen LogP contribution in [0.3, 0.4) is 0 Å². The molecule has 186 valence electrons. The molecule has 2 aromatic rings. The van der Waals surface area contributed by atoms with Crippen molar-refractivity contribution in [1.29, 1.82) is 0 Å². The minimum absolute atomic E-state index is 0.0408. The third-order valence-corrected chi connectivity index (χ3v) is 7.06. The highest BCUT2D eigenvalue weighted by Crippen LogP contribution is 2.29. The maximum absolute atomic E-state index is 11.5. The Bertz CT molecular complexity index is 890. The third-order valence-electron chi connectivity index (χ3n) is 7.06. The van der Waals surface area contributed by atoms with Crippen molar-refractivity contribution in [3.63, 3.8) is 0 Å². The van der Waals surface area contributed by atoms with Crippen LogP contribution in [0.2, 0.25) is 0 Å². The van der Waals surface area contributed by atoms with E-state index in [2.05, 4.69) is 49.9 Å². The molecule has 0 saturated heterocycles. The standard InChI is InChI=1S/C27H44N2O4/c1-17(2)21(14-24(28)26(30)15-22(18(3)4)27(31)32)12-19-9-10-25-23(13-19)20(16-29(25)5)8-7-11-33-6/h9-10,13,16-18,21-22,24,26,30H,7-8,11-12,14-15,28H2,1-6H3,(H,31,32). The molecular formula is C27H44N2O4. The first-order valence-corrected chi connectivity index (χ1v) is 12.3. The Morgan fingerprint density at radius 3 is 2.42 bits per heavy atom. The summed E-state index contributed by atoms with van der Waals surface area (Å²) in [6.07, 6.45) is 5.11. The number of hydrogen-bond acceptors (Lipinski definition) is 4. The number of aromatic nitrogens is 1. The summed E-state index contributed by atoms with van der Waals surface area (Å²) in [5.41, 5.74) is 10.2. The number of ether oxygens (including phenoxy) is 1. The van der Waals surface area contributed by atoms with Crippen molar-refractivity contribution >= 4 is 16.9 Å². The first-order chi connectivity index (χ1) is 15.5. The van der Waals surface area contributed by atoms with Gasteiger partial charge in [0.25, 0.3) is 0 Å². The van der Waals surface area contributed by atoms with Crippen LogP contribution < -0.4 is 5.73 Å². The van der Waals surface area contributed by atoms with E-state index in [0.29, 0.717) is 18.3 Å². The minimum atomic E-state index is -0.867. The molecule has 0 spiro atoms. The van der Waals surface area contributed by atoms with Gasteiger partial charge in [0.05, 0.1) is 12.0 Å². The number of carboxylic acids is 1. The van der Waals surface area contributed by atoms with Crippen LogP contribution in [0.4, 0.5) is 0 Å². The van der Waals surface area contributed by atoms with Crippen LogP contribution in [0.5, 0.6) is 0 Å². The molecule has 4 unspecified atom stereocenters. The molecule has 0 aliphatic heterocycles. The summed E-state index contributed by atoms with van der Waals surface area (Å²) < 4.78 is 7.40. The van der Waals surface area contributed by atoms with Gasteiger partial charge in [-0.15, -0.1) is 0 Å². The van der Waals surface area contributed by atoms with Crippen molar-refractivity contribution in [3.05, 3.63) is 35.5 Å². The molecular weight excluding hydrogens is 416 g/mol. The van der Waals surface area contributed by atoms with Crippen LogP contribution >= 0.6 is 0 Å². The summed E-state index contributed by atoms with van der Waals surface area (Å²) in [6, 6.07) is 6.24. The molecule has 4 atom stereocenters. The molecule has 1 aromatic heterocycles. The molecule has 1 heterocycles. The van der Waals surface area contributed by atoms with Crippen LogP contribution in [0.1, 0.15) is 58.1 Å². The average molecular weight is 461 g/mol. The van der Waals surface area contributed by atoms with Gasteiger partial charge in [-0.2, -0.15) is 0 Å². The number of aryl methyl sites for hydroxylation is 2. The van der Waals surface area contributed by atoms with Gasteiger partial charge in [0.15, 0.2) is 0 Å². The lowest BCUT2D eigenvalue weighted by molar-refractivity contribution is -0.144. The van der Waals surface area contributed by atoms with Crippen molar-refractivity contribution in [1.82, 2.24) is 4.57 Å². The fourth-order valence-electron chi connectivity index (χ4n) is 4.75. The van der Waals surface area contributed by atoms with Gasteiger partial charge in [-0.1, -0.05) is 33.8 Å². The minimum Gasteiger partial charge on any atom is -0.481 e. The van der Waals surface area contributed by atoms with Gasteiger partial charge in [-0.3, -0.25) is 4.79 Å². The van der Waals surface area contributed by atoms with E-state index in [1.54, 1.807) is 7.11 Å². The Labute approximate surface area is 199 Å². The summed E-state index contributed by atoms with van der Waals surface area (Å²) in [5, 5.41) is 21.4. The molecule has 0 radical (unpaired) electrons. The molecule has 0 fully saturated rings. The van der Waals surface area contributed by atoms with E-state index >= 15 is 0 Å². The highest BCUT2D eigenvalue weighted by Gasteiger charge is 2.29. The lowest BCUT2D eigenvalue weighted by atomic mass is 9.81. The summed E-state index contributed by atoms with van der Waals surface area (Å²) in [7, 11) is 3.82. The van der Waals surface area contributed by atoms with E-state index in [1.807, 2.05) is 13.8 Å². The Balaban J connectivity index is 2.13. The normalized spacial score (nSPS) is 15.8. The number of nitrogens with two attached hydrogens (primary N) is 1. The first-order valence-electron chi connectivity index (χ1n) is 12.3. The Hall–Kier alpha value is -1.89. The van der Waals surface area contributed by atoms with Crippen LogP contribution in [0.15, 0.2) is 24.4 Å². The van der Waals surface area contributed by atoms with Crippen molar-refractivity contribution < 1.29 is 19.7 Å². The molecule has 4 N–H and O–H groups in total. The van der Waals surface area contributed by atoms with Crippen LogP contribution in [0, 0.1) is 23.7 Å². The van der Waals surface area contributed by atoms with Gasteiger partial charge in [-0.05, 0) is 73.1 Å². The van der Waals surface area contributed by atoms with E-state index in [4.69, 9.17) is 10.5 Å². The van der Waals surface area contributed by atoms with Crippen LogP contribution in [-0.4, -0.2) is 46.6 Å². The van der Waals surface area contributed by atoms with Gasteiger partial charge >= 0.3 is 5.97 Å². The number of nitrogens with zero attached hydrogens (tertiary/aromatic N) is 1. The van der Waals surface area contributed by atoms with E-state index in [1.165, 1.54) is 22.0 Å². The lowest BCUT2D eigenvalue weighted by Crippen LogP contribution is -2.40. The number of carbonyl (C=O) groups is 1. The van der Waals surface area contributed by atoms with Gasteiger partial charge in [-0.25, -0.2) is 0 Å². The third kappa shape index (κ3) is 7.56. The maximum Gasteiger partial charge on any atom is 0.306 e. The quantitative estimate of drug-likeness (QED) is 0.363. The van der Waals surface area contributed by atoms with Crippen molar-refractivity contribution in [2.24, 2.45) is 36.5 Å². The smallest absolute Gasteiger partial charge is 0.306 e. The predicted molar refractivity (Wildman–Crippen MR) is 134 cm³/mol. The second-order valence-electron chi connectivity index (χ2n) is 10.3. The summed E-state index contributed by atoms with van der Waals surface area (Å²) in [5.74, 6) is -0.790. The summed E-state index contributed by atoms with van der Waals surface area (Å²) >= 11 is 0. The lowest BCUT2D eigenvalue weighted by Gasteiger charge is -2.29. The molecule has 33 heavy (non-hydrogen) atoms. The van der Waals surface area contributed by atoms with Crippen molar-refractivity contribution in [3.8, 4) is 0 Å². The number of benzene rings is 1. The highest BCUT2D eigenvalue weighted by molar-refractivity contribution is 5.84. The number of methoxy groups -OCH3 is 1. The molecule has 0 aliphatic rings. The van der Waals surface area contributed by atoms with Crippen LogP contribution in [-0.2, 0) is 29.4 Å². The van der Waals surface area contributed by atoms with E-state index < -0.39 is 24.0 Å². The summed E-state index contributed by atoms with van der Waals surface area (Å²) in [4.78, 5) is 11.5. The fourth-order valence-corrected chi connectivity index (χ4v) is 4.75. The largest absolute Gasteiger partial charge is 0.481 e. The zero-order valence-electron chi connectivity index (χ0n) is 21.3. The van der Waals surface area contributed by atoms with E-state index in [-0.39, 0.29) is 12.3 Å². The van der Waals surface area contributed by atoms with Gasteiger partial charge in [0.1, 0.15) is 0 Å². The monoisotopic (exact) mass is 460 g/mol. The second kappa shape index (κ2) is 12.5. The highest BCUT2D eigenvalue weighted by atomic mass is 16.5. The van der Waals surface area contributed by atoms with Gasteiger partial charge < -0.3 is 25.3 Å². The van der Waals surface area contributed by atoms with Crippen LogP contribution in [0.25, 0.3) is 10.9 Å². The number of rotatable bonds is 14. The molecule has 0 amide bonds. The van der Waals surface area contributed by atoms with E-state index in [9.17, 15) is 15.0 Å². The Morgan fingerprint density at radius 2 is 1.85 bits per heavy atom.